The van der Waals surface area contributed by atoms with Gasteiger partial charge in [0.1, 0.15) is 6.54 Å². The minimum Gasteiger partial charge on any atom is -0.350 e. The number of nitrogens with zero attached hydrogens (tertiary/aromatic N) is 1. The second kappa shape index (κ2) is 6.74. The van der Waals surface area contributed by atoms with Gasteiger partial charge in [0.05, 0.1) is 0 Å². The maximum Gasteiger partial charge on any atom is 0.240 e. The summed E-state index contributed by atoms with van der Waals surface area (Å²) in [5.74, 6) is 0.135. The van der Waals surface area contributed by atoms with Crippen LogP contribution in [-0.2, 0) is 9.59 Å². The zero-order chi connectivity index (χ0) is 16.2. The maximum absolute atomic E-state index is 12.0. The van der Waals surface area contributed by atoms with Crippen LogP contribution in [0.2, 0.25) is 0 Å². The summed E-state index contributed by atoms with van der Waals surface area (Å²) in [7, 11) is 0. The van der Waals surface area contributed by atoms with E-state index < -0.39 is 0 Å². The van der Waals surface area contributed by atoms with Crippen LogP contribution in [0.4, 0.5) is 5.69 Å². The van der Waals surface area contributed by atoms with E-state index in [0.29, 0.717) is 5.92 Å². The molecule has 0 saturated heterocycles. The Morgan fingerprint density at radius 2 is 1.67 bits per heavy atom. The van der Waals surface area contributed by atoms with E-state index in [4.69, 9.17) is 0 Å². The molecule has 1 rings (SSSR count). The highest BCUT2D eigenvalue weighted by molar-refractivity contribution is 5.97. The second-order valence-electron chi connectivity index (χ2n) is 6.65. The minimum absolute atomic E-state index is 0.0353. The molecule has 1 aromatic carbocycles. The van der Waals surface area contributed by atoms with Crippen LogP contribution in [0.5, 0.6) is 0 Å². The van der Waals surface area contributed by atoms with Crippen molar-refractivity contribution >= 4 is 17.5 Å². The fraction of sp³-hybridized carbons (Fsp3) is 0.529. The van der Waals surface area contributed by atoms with E-state index in [1.165, 1.54) is 17.4 Å². The number of hydrogen-bond donors (Lipinski definition) is 1. The zero-order valence-corrected chi connectivity index (χ0v) is 13.9. The van der Waals surface area contributed by atoms with Crippen LogP contribution < -0.4 is 10.2 Å². The Bertz CT molecular complexity index is 499. The summed E-state index contributed by atoms with van der Waals surface area (Å²) in [6.45, 7) is 11.5. The van der Waals surface area contributed by atoms with Gasteiger partial charge in [-0.15, -0.1) is 0 Å². The van der Waals surface area contributed by atoms with Gasteiger partial charge in [-0.2, -0.15) is 0 Å². The van der Waals surface area contributed by atoms with Crippen LogP contribution in [-0.4, -0.2) is 23.9 Å². The molecule has 0 atom stereocenters. The first-order chi connectivity index (χ1) is 9.60. The van der Waals surface area contributed by atoms with Gasteiger partial charge in [-0.05, 0) is 44.4 Å². The van der Waals surface area contributed by atoms with E-state index in [-0.39, 0.29) is 23.9 Å². The Morgan fingerprint density at radius 1 is 1.14 bits per heavy atom. The Morgan fingerprint density at radius 3 is 2.05 bits per heavy atom. The summed E-state index contributed by atoms with van der Waals surface area (Å²) in [4.78, 5) is 25.3. The summed E-state index contributed by atoms with van der Waals surface area (Å²) >= 11 is 0. The molecule has 1 aromatic rings. The number of anilines is 1. The number of benzene rings is 1. The predicted molar refractivity (Wildman–Crippen MR) is 86.5 cm³/mol. The van der Waals surface area contributed by atoms with Crippen molar-refractivity contribution in [3.63, 3.8) is 0 Å². The average molecular weight is 290 g/mol. The van der Waals surface area contributed by atoms with Crippen molar-refractivity contribution in [2.45, 2.75) is 53.0 Å². The summed E-state index contributed by atoms with van der Waals surface area (Å²) < 4.78 is 0. The molecule has 1 N–H and O–H groups in total. The molecule has 21 heavy (non-hydrogen) atoms. The summed E-state index contributed by atoms with van der Waals surface area (Å²) in [6, 6.07) is 7.78. The van der Waals surface area contributed by atoms with Crippen LogP contribution in [0.3, 0.4) is 0 Å². The molecule has 2 amide bonds. The molecule has 4 heteroatoms. The SMILES string of the molecule is CC(=O)N(CC(=O)NC(C)(C)C)c1ccc(C(C)C)cc1. The molecule has 0 aromatic heterocycles. The number of carbonyl (C=O) groups is 2. The first-order valence-corrected chi connectivity index (χ1v) is 7.29. The van der Waals surface area contributed by atoms with Crippen LogP contribution in [0.25, 0.3) is 0 Å². The van der Waals surface area contributed by atoms with Crippen LogP contribution in [0, 0.1) is 0 Å². The molecular formula is C17H26N2O2. The lowest BCUT2D eigenvalue weighted by atomic mass is 10.0. The van der Waals surface area contributed by atoms with E-state index in [1.807, 2.05) is 45.0 Å². The topological polar surface area (TPSA) is 49.4 Å². The largest absolute Gasteiger partial charge is 0.350 e. The standard InChI is InChI=1S/C17H26N2O2/c1-12(2)14-7-9-15(10-8-14)19(13(3)20)11-16(21)18-17(4,5)6/h7-10,12H,11H2,1-6H3,(H,18,21). The molecule has 0 aliphatic rings. The lowest BCUT2D eigenvalue weighted by Gasteiger charge is -2.25. The smallest absolute Gasteiger partial charge is 0.240 e. The van der Waals surface area contributed by atoms with Crippen molar-refractivity contribution in [3.8, 4) is 0 Å². The third-order valence-electron chi connectivity index (χ3n) is 3.07. The van der Waals surface area contributed by atoms with Gasteiger partial charge in [-0.25, -0.2) is 0 Å². The molecule has 0 aliphatic carbocycles. The summed E-state index contributed by atoms with van der Waals surface area (Å²) in [5.41, 5.74) is 1.65. The van der Waals surface area contributed by atoms with Gasteiger partial charge < -0.3 is 10.2 Å². The Balaban J connectivity index is 2.87. The quantitative estimate of drug-likeness (QED) is 0.926. The zero-order valence-electron chi connectivity index (χ0n) is 13.9. The molecular weight excluding hydrogens is 264 g/mol. The van der Waals surface area contributed by atoms with Crippen LogP contribution in [0.15, 0.2) is 24.3 Å². The Hall–Kier alpha value is -1.84. The Kier molecular flexibility index (Phi) is 5.53. The first-order valence-electron chi connectivity index (χ1n) is 7.29. The molecule has 0 fully saturated rings. The van der Waals surface area contributed by atoms with Gasteiger partial charge in [0.25, 0.3) is 0 Å². The van der Waals surface area contributed by atoms with Crippen LogP contribution >= 0.6 is 0 Å². The first kappa shape index (κ1) is 17.2. The van der Waals surface area contributed by atoms with Gasteiger partial charge in [0.2, 0.25) is 11.8 Å². The predicted octanol–water partition coefficient (Wildman–Crippen LogP) is 3.08. The molecule has 0 bridgehead atoms. The van der Waals surface area contributed by atoms with E-state index in [2.05, 4.69) is 19.2 Å². The van der Waals surface area contributed by atoms with Gasteiger partial charge in [-0.3, -0.25) is 9.59 Å². The lowest BCUT2D eigenvalue weighted by Crippen LogP contribution is -2.47. The third kappa shape index (κ3) is 5.58. The highest BCUT2D eigenvalue weighted by Gasteiger charge is 2.19. The van der Waals surface area contributed by atoms with E-state index in [0.717, 1.165) is 5.69 Å². The summed E-state index contributed by atoms with van der Waals surface area (Å²) in [5, 5.41) is 2.87. The number of nitrogens with one attached hydrogen (secondary N) is 1. The van der Waals surface area contributed by atoms with Gasteiger partial charge in [-0.1, -0.05) is 26.0 Å². The van der Waals surface area contributed by atoms with Gasteiger partial charge >= 0.3 is 0 Å². The fourth-order valence-corrected chi connectivity index (χ4v) is 2.02. The van der Waals surface area contributed by atoms with Crippen molar-refractivity contribution in [1.29, 1.82) is 0 Å². The molecule has 0 spiro atoms. The molecule has 0 heterocycles. The summed E-state index contributed by atoms with van der Waals surface area (Å²) in [6.07, 6.45) is 0. The fourth-order valence-electron chi connectivity index (χ4n) is 2.02. The minimum atomic E-state index is -0.305. The number of carbonyl (C=O) groups excluding carboxylic acids is 2. The molecule has 4 nitrogen and oxygen atoms in total. The van der Waals surface area contributed by atoms with Crippen molar-refractivity contribution in [1.82, 2.24) is 5.32 Å². The average Bonchev–Trinajstić information content (AvgIpc) is 2.33. The third-order valence-corrected chi connectivity index (χ3v) is 3.07. The number of hydrogen-bond acceptors (Lipinski definition) is 2. The molecule has 116 valence electrons. The number of rotatable bonds is 4. The van der Waals surface area contributed by atoms with E-state index >= 15 is 0 Å². The molecule has 0 unspecified atom stereocenters. The van der Waals surface area contributed by atoms with Gasteiger partial charge in [0, 0.05) is 18.2 Å². The normalized spacial score (nSPS) is 11.4. The van der Waals surface area contributed by atoms with Crippen molar-refractivity contribution in [2.75, 3.05) is 11.4 Å². The van der Waals surface area contributed by atoms with Gasteiger partial charge in [0.15, 0.2) is 0 Å². The van der Waals surface area contributed by atoms with Crippen molar-refractivity contribution < 1.29 is 9.59 Å². The highest BCUT2D eigenvalue weighted by Crippen LogP contribution is 2.20. The van der Waals surface area contributed by atoms with Crippen molar-refractivity contribution in [2.24, 2.45) is 0 Å². The molecule has 0 radical (unpaired) electrons. The highest BCUT2D eigenvalue weighted by atomic mass is 16.2. The lowest BCUT2D eigenvalue weighted by molar-refractivity contribution is -0.124. The number of amides is 2. The molecule has 0 aliphatic heterocycles. The second-order valence-corrected chi connectivity index (χ2v) is 6.65. The Labute approximate surface area is 127 Å². The van der Waals surface area contributed by atoms with Crippen LogP contribution in [0.1, 0.15) is 53.0 Å². The van der Waals surface area contributed by atoms with E-state index in [1.54, 1.807) is 0 Å². The van der Waals surface area contributed by atoms with E-state index in [9.17, 15) is 9.59 Å². The molecule has 0 saturated carbocycles. The maximum atomic E-state index is 12.0. The van der Waals surface area contributed by atoms with Crippen molar-refractivity contribution in [3.05, 3.63) is 29.8 Å². The monoisotopic (exact) mass is 290 g/mol.